The fraction of sp³-hybridized carbons (Fsp3) is 0.278. The van der Waals surface area contributed by atoms with Gasteiger partial charge in [-0.15, -0.1) is 0 Å². The van der Waals surface area contributed by atoms with Crippen LogP contribution in [0.5, 0.6) is 28.7 Å². The number of esters is 1. The van der Waals surface area contributed by atoms with Gasteiger partial charge in [0.05, 0.1) is 32.6 Å². The molecule has 0 amide bonds. The summed E-state index contributed by atoms with van der Waals surface area (Å²) in [5, 5.41) is 0. The van der Waals surface area contributed by atoms with E-state index in [1.807, 2.05) is 0 Å². The van der Waals surface area contributed by atoms with E-state index in [0.717, 1.165) is 0 Å². The van der Waals surface area contributed by atoms with Crippen LogP contribution in [0.25, 0.3) is 0 Å². The molecule has 0 unspecified atom stereocenters. The number of nitrogens with two attached hydrogens (primary N) is 7. The summed E-state index contributed by atoms with van der Waals surface area (Å²) in [7, 11) is 3.90. The Morgan fingerprint density at radius 3 is 1.94 bits per heavy atom. The summed E-state index contributed by atoms with van der Waals surface area (Å²) in [6, 6.07) is 5.70. The van der Waals surface area contributed by atoms with Gasteiger partial charge in [-0.25, -0.2) is 4.79 Å². The minimum atomic E-state index is -1.91. The Morgan fingerprint density at radius 2 is 1.45 bits per heavy atom. The zero-order chi connectivity index (χ0) is 23.6. The van der Waals surface area contributed by atoms with E-state index in [0.29, 0.717) is 0 Å². The topological polar surface area (TPSA) is 245 Å². The van der Waals surface area contributed by atoms with Crippen molar-refractivity contribution < 1.29 is 28.5 Å². The zero-order valence-electron chi connectivity index (χ0n) is 17.3. The third-order valence-electron chi connectivity index (χ3n) is 3.99. The molecular formula is C18H27N7O6. The summed E-state index contributed by atoms with van der Waals surface area (Å²) in [6.07, 6.45) is 0. The Balaban J connectivity index is 2.63. The van der Waals surface area contributed by atoms with E-state index >= 15 is 0 Å². The standard InChI is InChI=1S/C18H27N7O6/c1-27-10-6-8(31-18(23,24)25)4-5-9(10)30-11-7-12(28-2)14(17(20,21)22)15(19)13(11)16(26)29-3/h4-7H,19-25H2,1-3H3. The van der Waals surface area contributed by atoms with Crippen molar-refractivity contribution in [3.8, 4) is 28.7 Å². The Bertz CT molecular complexity index is 969. The van der Waals surface area contributed by atoms with Gasteiger partial charge in [0.1, 0.15) is 28.6 Å². The van der Waals surface area contributed by atoms with Crippen molar-refractivity contribution in [3.63, 3.8) is 0 Å². The van der Waals surface area contributed by atoms with Crippen LogP contribution in [-0.4, -0.2) is 33.3 Å². The molecule has 0 fully saturated rings. The summed E-state index contributed by atoms with van der Waals surface area (Å²) in [4.78, 5) is 12.5. The number of anilines is 1. The Hall–Kier alpha value is -3.33. The number of carbonyl (C=O) groups excluding carboxylic acids is 1. The van der Waals surface area contributed by atoms with Crippen LogP contribution in [-0.2, 0) is 10.5 Å². The average molecular weight is 437 g/mol. The van der Waals surface area contributed by atoms with Crippen molar-refractivity contribution in [3.05, 3.63) is 35.4 Å². The molecule has 0 heterocycles. The number of nitrogen functional groups attached to an aromatic ring is 1. The molecular weight excluding hydrogens is 410 g/mol. The largest absolute Gasteiger partial charge is 0.496 e. The van der Waals surface area contributed by atoms with Crippen LogP contribution < -0.4 is 59.1 Å². The lowest BCUT2D eigenvalue weighted by atomic mass is 10.00. The van der Waals surface area contributed by atoms with E-state index in [1.54, 1.807) is 0 Å². The van der Waals surface area contributed by atoms with Gasteiger partial charge in [0.25, 0.3) is 5.97 Å². The summed E-state index contributed by atoms with van der Waals surface area (Å²) >= 11 is 0. The molecule has 0 aliphatic heterocycles. The molecule has 0 atom stereocenters. The molecule has 2 rings (SSSR count). The lowest BCUT2D eigenvalue weighted by Crippen LogP contribution is -2.62. The second kappa shape index (κ2) is 8.81. The third-order valence-corrected chi connectivity index (χ3v) is 3.99. The number of methoxy groups -OCH3 is 3. The molecule has 0 bridgehead atoms. The molecule has 0 radical (unpaired) electrons. The van der Waals surface area contributed by atoms with E-state index in [1.165, 1.54) is 45.6 Å². The monoisotopic (exact) mass is 437 g/mol. The summed E-state index contributed by atoms with van der Waals surface area (Å²) in [5.41, 5.74) is 39.5. The van der Waals surface area contributed by atoms with Gasteiger partial charge in [0.2, 0.25) is 0 Å². The lowest BCUT2D eigenvalue weighted by molar-refractivity contribution is 0.0598. The van der Waals surface area contributed by atoms with E-state index in [9.17, 15) is 4.79 Å². The highest BCUT2D eigenvalue weighted by Crippen LogP contribution is 2.42. The van der Waals surface area contributed by atoms with Gasteiger partial charge >= 0.3 is 5.97 Å². The van der Waals surface area contributed by atoms with E-state index in [2.05, 4.69) is 0 Å². The highest BCUT2D eigenvalue weighted by Gasteiger charge is 2.31. The molecule has 170 valence electrons. The van der Waals surface area contributed by atoms with Gasteiger partial charge < -0.3 is 29.4 Å². The van der Waals surface area contributed by atoms with Gasteiger partial charge in [-0.3, -0.25) is 34.4 Å². The molecule has 0 spiro atoms. The fourth-order valence-electron chi connectivity index (χ4n) is 2.77. The first-order valence-electron chi connectivity index (χ1n) is 8.69. The van der Waals surface area contributed by atoms with Gasteiger partial charge in [-0.05, 0) is 12.1 Å². The highest BCUT2D eigenvalue weighted by atomic mass is 16.5. The number of rotatable bonds is 8. The van der Waals surface area contributed by atoms with Crippen LogP contribution in [0, 0.1) is 0 Å². The molecule has 13 nitrogen and oxygen atoms in total. The molecule has 14 N–H and O–H groups in total. The van der Waals surface area contributed by atoms with Gasteiger partial charge in [0.15, 0.2) is 11.5 Å². The molecule has 2 aromatic carbocycles. The van der Waals surface area contributed by atoms with Crippen molar-refractivity contribution in [2.45, 2.75) is 11.8 Å². The second-order valence-corrected chi connectivity index (χ2v) is 6.54. The molecule has 0 aliphatic carbocycles. The number of carbonyl (C=O) groups is 1. The molecule has 0 aromatic heterocycles. The van der Waals surface area contributed by atoms with Crippen LogP contribution in [0.2, 0.25) is 0 Å². The number of hydrogen-bond donors (Lipinski definition) is 7. The number of benzene rings is 2. The van der Waals surface area contributed by atoms with Gasteiger partial charge in [0, 0.05) is 12.1 Å². The van der Waals surface area contributed by atoms with Crippen molar-refractivity contribution in [1.29, 1.82) is 0 Å². The predicted molar refractivity (Wildman–Crippen MR) is 112 cm³/mol. The van der Waals surface area contributed by atoms with E-state index in [-0.39, 0.29) is 45.6 Å². The zero-order valence-corrected chi connectivity index (χ0v) is 17.3. The lowest BCUT2D eigenvalue weighted by Gasteiger charge is -2.26. The van der Waals surface area contributed by atoms with Gasteiger partial charge in [-0.1, -0.05) is 0 Å². The van der Waals surface area contributed by atoms with Crippen molar-refractivity contribution in [2.75, 3.05) is 27.1 Å². The molecule has 13 heteroatoms. The van der Waals surface area contributed by atoms with E-state index in [4.69, 9.17) is 63.8 Å². The minimum absolute atomic E-state index is 0.0105. The smallest absolute Gasteiger partial charge is 0.343 e. The SMILES string of the molecule is COC(=O)c1c(Oc2ccc(OC(N)(N)N)cc2OC)cc(OC)c(C(N)(N)N)c1N. The first-order chi connectivity index (χ1) is 14.3. The number of ether oxygens (including phenoxy) is 5. The van der Waals surface area contributed by atoms with Crippen LogP contribution in [0.1, 0.15) is 15.9 Å². The number of hydrogen-bond acceptors (Lipinski definition) is 13. The Labute approximate surface area is 178 Å². The summed E-state index contributed by atoms with van der Waals surface area (Å²) in [5.74, 6) is -4.00. The predicted octanol–water partition coefficient (Wildman–Crippen LogP) is -1.28. The summed E-state index contributed by atoms with van der Waals surface area (Å²) in [6.45, 7) is 0. The molecule has 31 heavy (non-hydrogen) atoms. The first kappa shape index (κ1) is 23.9. The van der Waals surface area contributed by atoms with E-state index < -0.39 is 17.7 Å². The molecule has 2 aromatic rings. The van der Waals surface area contributed by atoms with Crippen molar-refractivity contribution >= 4 is 11.7 Å². The average Bonchev–Trinajstić information content (AvgIpc) is 2.65. The molecule has 0 aliphatic rings. The fourth-order valence-corrected chi connectivity index (χ4v) is 2.77. The van der Waals surface area contributed by atoms with Crippen LogP contribution >= 0.6 is 0 Å². The van der Waals surface area contributed by atoms with Crippen molar-refractivity contribution in [2.24, 2.45) is 34.4 Å². The van der Waals surface area contributed by atoms with Gasteiger partial charge in [-0.2, -0.15) is 0 Å². The third kappa shape index (κ3) is 5.43. The summed E-state index contributed by atoms with van der Waals surface area (Å²) < 4.78 is 26.4. The first-order valence-corrected chi connectivity index (χ1v) is 8.69. The quantitative estimate of drug-likeness (QED) is 0.144. The highest BCUT2D eigenvalue weighted by molar-refractivity contribution is 6.00. The maximum Gasteiger partial charge on any atom is 0.343 e. The van der Waals surface area contributed by atoms with Crippen LogP contribution in [0.4, 0.5) is 5.69 Å². The maximum atomic E-state index is 12.5. The van der Waals surface area contributed by atoms with Crippen LogP contribution in [0.3, 0.4) is 0 Å². The molecule has 0 saturated carbocycles. The van der Waals surface area contributed by atoms with Crippen molar-refractivity contribution in [1.82, 2.24) is 0 Å². The van der Waals surface area contributed by atoms with Crippen LogP contribution in [0.15, 0.2) is 24.3 Å². The molecule has 0 saturated heterocycles. The minimum Gasteiger partial charge on any atom is -0.496 e. The normalized spacial score (nSPS) is 11.6. The Kier molecular flexibility index (Phi) is 6.80. The maximum absolute atomic E-state index is 12.5. The Morgan fingerprint density at radius 1 is 0.839 bits per heavy atom. The second-order valence-electron chi connectivity index (χ2n) is 6.54.